The fourth-order valence-electron chi connectivity index (χ4n) is 6.72. The van der Waals surface area contributed by atoms with Crippen molar-refractivity contribution in [3.8, 4) is 0 Å². The molecule has 3 fully saturated rings. The molecule has 0 unspecified atom stereocenters. The van der Waals surface area contributed by atoms with Gasteiger partial charge in [0, 0.05) is 22.3 Å². The summed E-state index contributed by atoms with van der Waals surface area (Å²) in [5, 5.41) is 3.55. The molecule has 0 radical (unpaired) electrons. The Morgan fingerprint density at radius 3 is 2.59 bits per heavy atom. The SMILES string of the molecule is Cc1cc(C)c2c(c1)[C@]1(C(=O)N2)[C@@H]2C(=O)N(c3cc(Cl)ccc3C)C(=O)[C@@H]2[C@H]2CCCN21. The van der Waals surface area contributed by atoms with E-state index in [0.717, 1.165) is 40.8 Å². The van der Waals surface area contributed by atoms with Crippen LogP contribution in [0.25, 0.3) is 0 Å². The van der Waals surface area contributed by atoms with Gasteiger partial charge in [0.25, 0.3) is 0 Å². The molecule has 164 valence electrons. The number of halogens is 1. The molecule has 0 aromatic heterocycles. The van der Waals surface area contributed by atoms with Crippen LogP contribution in [-0.4, -0.2) is 35.2 Å². The molecule has 3 saturated heterocycles. The van der Waals surface area contributed by atoms with Crippen LogP contribution in [0.3, 0.4) is 0 Å². The van der Waals surface area contributed by atoms with Gasteiger partial charge in [-0.2, -0.15) is 0 Å². The lowest BCUT2D eigenvalue weighted by Gasteiger charge is -2.37. The van der Waals surface area contributed by atoms with Crippen molar-refractivity contribution < 1.29 is 14.4 Å². The van der Waals surface area contributed by atoms with E-state index in [9.17, 15) is 14.4 Å². The van der Waals surface area contributed by atoms with Crippen molar-refractivity contribution in [2.75, 3.05) is 16.8 Å². The van der Waals surface area contributed by atoms with Crippen LogP contribution < -0.4 is 10.2 Å². The van der Waals surface area contributed by atoms with Gasteiger partial charge in [-0.1, -0.05) is 35.4 Å². The van der Waals surface area contributed by atoms with Gasteiger partial charge >= 0.3 is 0 Å². The average Bonchev–Trinajstić information content (AvgIpc) is 3.43. The first-order valence-corrected chi connectivity index (χ1v) is 11.5. The normalized spacial score (nSPS) is 30.8. The van der Waals surface area contributed by atoms with E-state index in [-0.39, 0.29) is 23.8 Å². The van der Waals surface area contributed by atoms with Crippen molar-refractivity contribution in [3.63, 3.8) is 0 Å². The number of hydrogen-bond donors (Lipinski definition) is 1. The van der Waals surface area contributed by atoms with Gasteiger partial charge in [0.05, 0.1) is 17.5 Å². The lowest BCUT2D eigenvalue weighted by molar-refractivity contribution is -0.135. The number of anilines is 2. The number of carbonyl (C=O) groups is 3. The summed E-state index contributed by atoms with van der Waals surface area (Å²) < 4.78 is 0. The summed E-state index contributed by atoms with van der Waals surface area (Å²) in [4.78, 5) is 45.0. The standard InChI is InChI=1S/C25H24ClN3O3/c1-12-9-14(3)21-16(10-12)25(24(32)27-21)20-19(17-5-4-8-28(17)25)22(30)29(23(20)31)18-11-15(26)7-6-13(18)2/h6-7,9-11,17,19-20H,4-5,8H2,1-3H3,(H,27,32)/t17-,19-,20+,25-/m1/s1. The molecule has 2 aromatic carbocycles. The molecule has 7 heteroatoms. The maximum absolute atomic E-state index is 14.0. The third kappa shape index (κ3) is 2.22. The maximum Gasteiger partial charge on any atom is 0.250 e. The van der Waals surface area contributed by atoms with E-state index in [2.05, 4.69) is 10.2 Å². The molecule has 4 atom stereocenters. The summed E-state index contributed by atoms with van der Waals surface area (Å²) in [6, 6.07) is 9.16. The highest BCUT2D eigenvalue weighted by Gasteiger charge is 2.74. The van der Waals surface area contributed by atoms with Gasteiger partial charge in [0.2, 0.25) is 17.7 Å². The highest BCUT2D eigenvalue weighted by atomic mass is 35.5. The summed E-state index contributed by atoms with van der Waals surface area (Å²) in [6.07, 6.45) is 1.71. The Morgan fingerprint density at radius 1 is 1.03 bits per heavy atom. The summed E-state index contributed by atoms with van der Waals surface area (Å²) in [7, 11) is 0. The van der Waals surface area contributed by atoms with Crippen molar-refractivity contribution >= 4 is 40.7 Å². The average molecular weight is 450 g/mol. The van der Waals surface area contributed by atoms with Gasteiger partial charge in [-0.15, -0.1) is 0 Å². The second-order valence-electron chi connectivity index (χ2n) is 9.57. The molecule has 0 bridgehead atoms. The molecule has 6 nitrogen and oxygen atoms in total. The van der Waals surface area contributed by atoms with Gasteiger partial charge in [0.1, 0.15) is 5.54 Å². The number of nitrogens with one attached hydrogen (secondary N) is 1. The number of benzene rings is 2. The lowest BCUT2D eigenvalue weighted by atomic mass is 9.75. The topological polar surface area (TPSA) is 69.7 Å². The third-order valence-corrected chi connectivity index (χ3v) is 8.09. The Morgan fingerprint density at radius 2 is 1.81 bits per heavy atom. The zero-order valence-electron chi connectivity index (χ0n) is 18.2. The first-order chi connectivity index (χ1) is 15.3. The van der Waals surface area contributed by atoms with E-state index < -0.39 is 17.4 Å². The monoisotopic (exact) mass is 449 g/mol. The van der Waals surface area contributed by atoms with E-state index in [1.54, 1.807) is 12.1 Å². The molecule has 1 spiro atoms. The Labute approximate surface area is 191 Å². The first kappa shape index (κ1) is 19.9. The number of amides is 3. The van der Waals surface area contributed by atoms with Gasteiger partial charge in [-0.05, 0) is 63.4 Å². The quantitative estimate of drug-likeness (QED) is 0.674. The van der Waals surface area contributed by atoms with Crippen LogP contribution in [0.4, 0.5) is 11.4 Å². The van der Waals surface area contributed by atoms with Crippen LogP contribution in [0.1, 0.15) is 35.1 Å². The summed E-state index contributed by atoms with van der Waals surface area (Å²) in [6.45, 7) is 6.54. The zero-order valence-corrected chi connectivity index (χ0v) is 19.0. The van der Waals surface area contributed by atoms with Crippen LogP contribution in [0.15, 0.2) is 30.3 Å². The molecule has 1 N–H and O–H groups in total. The summed E-state index contributed by atoms with van der Waals surface area (Å²) in [5.74, 6) is -2.00. The predicted molar refractivity (Wildman–Crippen MR) is 122 cm³/mol. The van der Waals surface area contributed by atoms with Gasteiger partial charge in [-0.25, -0.2) is 4.90 Å². The molecule has 3 amide bonds. The van der Waals surface area contributed by atoms with Crippen molar-refractivity contribution in [1.82, 2.24) is 4.90 Å². The number of rotatable bonds is 1. The summed E-state index contributed by atoms with van der Waals surface area (Å²) in [5.41, 5.74) is 3.80. The summed E-state index contributed by atoms with van der Waals surface area (Å²) >= 11 is 6.22. The molecular formula is C25H24ClN3O3. The highest BCUT2D eigenvalue weighted by molar-refractivity contribution is 6.32. The Balaban J connectivity index is 1.59. The molecule has 2 aromatic rings. The number of imide groups is 1. The number of hydrogen-bond acceptors (Lipinski definition) is 4. The number of fused-ring (bicyclic) bond motifs is 7. The Bertz CT molecular complexity index is 1240. The molecule has 32 heavy (non-hydrogen) atoms. The number of carbonyl (C=O) groups excluding carboxylic acids is 3. The van der Waals surface area contributed by atoms with Gasteiger partial charge in [-0.3, -0.25) is 19.3 Å². The minimum absolute atomic E-state index is 0.126. The fraction of sp³-hybridized carbons (Fsp3) is 0.400. The third-order valence-electron chi connectivity index (χ3n) is 7.86. The van der Waals surface area contributed by atoms with Crippen LogP contribution in [0, 0.1) is 32.6 Å². The number of aryl methyl sites for hydroxylation is 3. The molecule has 6 rings (SSSR count). The maximum atomic E-state index is 14.0. The zero-order chi connectivity index (χ0) is 22.5. The van der Waals surface area contributed by atoms with Crippen molar-refractivity contribution in [1.29, 1.82) is 0 Å². The lowest BCUT2D eigenvalue weighted by Crippen LogP contribution is -2.54. The fourth-order valence-corrected chi connectivity index (χ4v) is 6.89. The smallest absolute Gasteiger partial charge is 0.250 e. The van der Waals surface area contributed by atoms with E-state index in [1.165, 1.54) is 4.90 Å². The highest BCUT2D eigenvalue weighted by Crippen LogP contribution is 2.61. The first-order valence-electron chi connectivity index (χ1n) is 11.1. The second kappa shape index (κ2) is 6.42. The predicted octanol–water partition coefficient (Wildman–Crippen LogP) is 3.70. The molecular weight excluding hydrogens is 426 g/mol. The van der Waals surface area contributed by atoms with Crippen molar-refractivity contribution in [3.05, 3.63) is 57.6 Å². The molecule has 4 aliphatic rings. The van der Waals surface area contributed by atoms with Crippen LogP contribution in [0.2, 0.25) is 5.02 Å². The second-order valence-corrected chi connectivity index (χ2v) is 10.0. The van der Waals surface area contributed by atoms with Crippen LogP contribution >= 0.6 is 11.6 Å². The van der Waals surface area contributed by atoms with Gasteiger partial charge < -0.3 is 5.32 Å². The molecule has 0 aliphatic carbocycles. The largest absolute Gasteiger partial charge is 0.324 e. The van der Waals surface area contributed by atoms with E-state index in [0.29, 0.717) is 17.3 Å². The Kier molecular flexibility index (Phi) is 4.00. The van der Waals surface area contributed by atoms with Crippen LogP contribution in [-0.2, 0) is 19.9 Å². The van der Waals surface area contributed by atoms with Crippen LogP contribution in [0.5, 0.6) is 0 Å². The van der Waals surface area contributed by atoms with E-state index >= 15 is 0 Å². The number of nitrogens with zero attached hydrogens (tertiary/aromatic N) is 2. The minimum atomic E-state index is -1.15. The molecule has 4 aliphatic heterocycles. The van der Waals surface area contributed by atoms with Gasteiger partial charge in [0.15, 0.2) is 0 Å². The van der Waals surface area contributed by atoms with Crippen molar-refractivity contribution in [2.45, 2.75) is 45.2 Å². The van der Waals surface area contributed by atoms with E-state index in [1.807, 2.05) is 39.0 Å². The molecule has 0 saturated carbocycles. The van der Waals surface area contributed by atoms with E-state index in [4.69, 9.17) is 11.6 Å². The minimum Gasteiger partial charge on any atom is -0.324 e. The molecule has 4 heterocycles. The van der Waals surface area contributed by atoms with Crippen molar-refractivity contribution in [2.24, 2.45) is 11.8 Å². The Hall–Kier alpha value is -2.70.